The van der Waals surface area contributed by atoms with Gasteiger partial charge in [-0.3, -0.25) is 14.8 Å². The Kier molecular flexibility index (Phi) is 8.25. The summed E-state index contributed by atoms with van der Waals surface area (Å²) >= 11 is 2.05. The van der Waals surface area contributed by atoms with E-state index in [2.05, 4.69) is 15.1 Å². The SMILES string of the molecule is CC(C)CC(=O)N(C(=O)OC(C)(C)C)c1cncc(-c2cc3c(I)nn(C(=O)OC(C)(C)C)c3cn2)c1. The number of anilines is 1. The van der Waals surface area contributed by atoms with Crippen molar-refractivity contribution in [2.75, 3.05) is 4.90 Å². The van der Waals surface area contributed by atoms with Gasteiger partial charge in [0, 0.05) is 23.6 Å². The summed E-state index contributed by atoms with van der Waals surface area (Å²) in [4.78, 5) is 48.4. The van der Waals surface area contributed by atoms with Crippen molar-refractivity contribution in [3.63, 3.8) is 0 Å². The fraction of sp³-hybridized carbons (Fsp3) is 0.462. The number of nitrogens with zero attached hydrogens (tertiary/aromatic N) is 5. The second-order valence-electron chi connectivity index (χ2n) is 11.0. The van der Waals surface area contributed by atoms with Crippen molar-refractivity contribution in [1.82, 2.24) is 19.7 Å². The zero-order chi connectivity index (χ0) is 27.7. The Labute approximate surface area is 229 Å². The quantitative estimate of drug-likeness (QED) is 0.317. The van der Waals surface area contributed by atoms with Gasteiger partial charge in [-0.05, 0) is 82.2 Å². The highest BCUT2D eigenvalue weighted by molar-refractivity contribution is 14.1. The zero-order valence-corrected chi connectivity index (χ0v) is 24.5. The van der Waals surface area contributed by atoms with Gasteiger partial charge in [0.15, 0.2) is 0 Å². The highest BCUT2D eigenvalue weighted by atomic mass is 127. The van der Waals surface area contributed by atoms with Crippen molar-refractivity contribution in [1.29, 1.82) is 0 Å². The van der Waals surface area contributed by atoms with Crippen molar-refractivity contribution >= 4 is 57.3 Å². The number of rotatable bonds is 4. The van der Waals surface area contributed by atoms with Crippen LogP contribution >= 0.6 is 22.6 Å². The third kappa shape index (κ3) is 7.24. The van der Waals surface area contributed by atoms with E-state index in [1.54, 1.807) is 59.9 Å². The molecular weight excluding hydrogens is 589 g/mol. The van der Waals surface area contributed by atoms with E-state index < -0.39 is 23.4 Å². The number of hydrogen-bond acceptors (Lipinski definition) is 8. The number of hydrogen-bond donors (Lipinski definition) is 0. The van der Waals surface area contributed by atoms with Crippen LogP contribution < -0.4 is 4.90 Å². The first-order chi connectivity index (χ1) is 17.1. The lowest BCUT2D eigenvalue weighted by molar-refractivity contribution is -0.119. The molecule has 2 amide bonds. The van der Waals surface area contributed by atoms with Crippen LogP contribution in [0.3, 0.4) is 0 Å². The number of carbonyl (C=O) groups is 3. The molecule has 0 spiro atoms. The van der Waals surface area contributed by atoms with Gasteiger partial charge in [0.1, 0.15) is 20.4 Å². The van der Waals surface area contributed by atoms with E-state index in [4.69, 9.17) is 9.47 Å². The molecule has 0 aliphatic carbocycles. The normalized spacial score (nSPS) is 12.1. The summed E-state index contributed by atoms with van der Waals surface area (Å²) in [6.07, 6.45) is 3.35. The van der Waals surface area contributed by atoms with Crippen LogP contribution in [0.2, 0.25) is 0 Å². The number of amides is 2. The van der Waals surface area contributed by atoms with Crippen molar-refractivity contribution in [3.8, 4) is 11.3 Å². The van der Waals surface area contributed by atoms with Crippen molar-refractivity contribution in [3.05, 3.63) is 34.4 Å². The molecule has 198 valence electrons. The van der Waals surface area contributed by atoms with Gasteiger partial charge in [-0.25, -0.2) is 14.5 Å². The van der Waals surface area contributed by atoms with Crippen molar-refractivity contribution in [2.45, 2.75) is 73.0 Å². The summed E-state index contributed by atoms with van der Waals surface area (Å²) in [6, 6.07) is 3.44. The Morgan fingerprint density at radius 1 is 1.00 bits per heavy atom. The first kappa shape index (κ1) is 28.5. The standard InChI is InChI=1S/C26H32IN5O5/c1-15(2)9-21(33)31(23(34)36-25(3,4)5)17-10-16(12-28-13-17)19-11-18-20(14-29-19)32(30-22(18)27)24(35)37-26(6,7)8/h10-15H,9H2,1-8H3. The van der Waals surface area contributed by atoms with Crippen LogP contribution in [0, 0.1) is 9.62 Å². The van der Waals surface area contributed by atoms with E-state index in [1.807, 2.05) is 36.4 Å². The minimum atomic E-state index is -0.782. The Morgan fingerprint density at radius 2 is 1.65 bits per heavy atom. The van der Waals surface area contributed by atoms with Crippen LogP contribution in [-0.4, -0.2) is 49.0 Å². The molecule has 3 aromatic heterocycles. The molecule has 3 aromatic rings. The highest BCUT2D eigenvalue weighted by Crippen LogP contribution is 2.29. The van der Waals surface area contributed by atoms with Gasteiger partial charge in [0.25, 0.3) is 0 Å². The summed E-state index contributed by atoms with van der Waals surface area (Å²) in [5.74, 6) is -0.346. The Balaban J connectivity index is 2.02. The van der Waals surface area contributed by atoms with E-state index in [0.29, 0.717) is 25.9 Å². The zero-order valence-electron chi connectivity index (χ0n) is 22.3. The number of ether oxygens (including phenoxy) is 2. The second kappa shape index (κ2) is 10.7. The molecule has 0 aliphatic heterocycles. The maximum Gasteiger partial charge on any atom is 0.435 e. The van der Waals surface area contributed by atoms with Crippen LogP contribution in [0.4, 0.5) is 15.3 Å². The molecule has 0 saturated heterocycles. The predicted molar refractivity (Wildman–Crippen MR) is 148 cm³/mol. The van der Waals surface area contributed by atoms with Crippen LogP contribution in [0.25, 0.3) is 22.2 Å². The molecule has 0 fully saturated rings. The monoisotopic (exact) mass is 621 g/mol. The molecule has 10 nitrogen and oxygen atoms in total. The average Bonchev–Trinajstić information content (AvgIpc) is 3.07. The van der Waals surface area contributed by atoms with Crippen LogP contribution in [0.1, 0.15) is 61.8 Å². The molecule has 11 heteroatoms. The van der Waals surface area contributed by atoms with Crippen molar-refractivity contribution < 1.29 is 23.9 Å². The molecule has 0 aromatic carbocycles. The third-order valence-electron chi connectivity index (χ3n) is 4.77. The van der Waals surface area contributed by atoms with E-state index in [1.165, 1.54) is 17.1 Å². The number of carbonyl (C=O) groups excluding carboxylic acids is 3. The smallest absolute Gasteiger partial charge is 0.435 e. The van der Waals surface area contributed by atoms with Gasteiger partial charge < -0.3 is 9.47 Å². The van der Waals surface area contributed by atoms with Gasteiger partial charge in [0.2, 0.25) is 5.91 Å². The summed E-state index contributed by atoms with van der Waals surface area (Å²) in [5.41, 5.74) is 0.422. The molecule has 0 radical (unpaired) electrons. The predicted octanol–water partition coefficient (Wildman–Crippen LogP) is 6.20. The third-order valence-corrected chi connectivity index (χ3v) is 5.57. The molecule has 0 aliphatic rings. The molecule has 0 bridgehead atoms. The van der Waals surface area contributed by atoms with Crippen molar-refractivity contribution in [2.24, 2.45) is 5.92 Å². The average molecular weight is 621 g/mol. The lowest BCUT2D eigenvalue weighted by atomic mass is 10.1. The molecular formula is C26H32IN5O5. The Hall–Kier alpha value is -3.09. The number of aromatic nitrogens is 4. The molecule has 3 heterocycles. The topological polar surface area (TPSA) is 117 Å². The first-order valence-corrected chi connectivity index (χ1v) is 12.9. The van der Waals surface area contributed by atoms with Crippen LogP contribution in [-0.2, 0) is 14.3 Å². The fourth-order valence-corrected chi connectivity index (χ4v) is 4.02. The van der Waals surface area contributed by atoms with E-state index in [-0.39, 0.29) is 23.9 Å². The van der Waals surface area contributed by atoms with Crippen LogP contribution in [0.15, 0.2) is 30.7 Å². The summed E-state index contributed by atoms with van der Waals surface area (Å²) in [5, 5.41) is 5.02. The van der Waals surface area contributed by atoms with Gasteiger partial charge in [-0.15, -0.1) is 0 Å². The Bertz CT molecular complexity index is 1340. The maximum absolute atomic E-state index is 13.0. The second-order valence-corrected chi connectivity index (χ2v) is 12.0. The van der Waals surface area contributed by atoms with Gasteiger partial charge in [-0.2, -0.15) is 9.78 Å². The largest absolute Gasteiger partial charge is 0.443 e. The van der Waals surface area contributed by atoms with E-state index in [9.17, 15) is 14.4 Å². The minimum absolute atomic E-state index is 0.0428. The van der Waals surface area contributed by atoms with Gasteiger partial charge in [0.05, 0.1) is 23.8 Å². The fourth-order valence-electron chi connectivity index (χ4n) is 3.37. The number of pyridine rings is 2. The minimum Gasteiger partial charge on any atom is -0.443 e. The molecule has 0 saturated carbocycles. The van der Waals surface area contributed by atoms with Crippen LogP contribution in [0.5, 0.6) is 0 Å². The lowest BCUT2D eigenvalue weighted by Gasteiger charge is -2.26. The maximum atomic E-state index is 13.0. The summed E-state index contributed by atoms with van der Waals surface area (Å²) in [6.45, 7) is 14.4. The van der Waals surface area contributed by atoms with E-state index >= 15 is 0 Å². The lowest BCUT2D eigenvalue weighted by Crippen LogP contribution is -2.41. The molecule has 3 rings (SSSR count). The summed E-state index contributed by atoms with van der Waals surface area (Å²) < 4.78 is 12.7. The number of fused-ring (bicyclic) bond motifs is 1. The van der Waals surface area contributed by atoms with E-state index in [0.717, 1.165) is 4.90 Å². The highest BCUT2D eigenvalue weighted by Gasteiger charge is 2.30. The molecule has 37 heavy (non-hydrogen) atoms. The van der Waals surface area contributed by atoms with Gasteiger partial charge >= 0.3 is 12.2 Å². The molecule has 0 N–H and O–H groups in total. The number of imide groups is 1. The molecule has 0 unspecified atom stereocenters. The first-order valence-electron chi connectivity index (χ1n) is 11.8. The van der Waals surface area contributed by atoms with Gasteiger partial charge in [-0.1, -0.05) is 13.8 Å². The molecule has 0 atom stereocenters. The summed E-state index contributed by atoms with van der Waals surface area (Å²) in [7, 11) is 0. The number of halogens is 1. The Morgan fingerprint density at radius 3 is 2.24 bits per heavy atom.